The third-order valence-electron chi connectivity index (χ3n) is 7.69. The van der Waals surface area contributed by atoms with Crippen LogP contribution in [0.5, 0.6) is 0 Å². The summed E-state index contributed by atoms with van der Waals surface area (Å²) in [5.74, 6) is 0.545. The number of nitrogens with one attached hydrogen (secondary N) is 1. The summed E-state index contributed by atoms with van der Waals surface area (Å²) < 4.78 is 17.3. The quantitative estimate of drug-likeness (QED) is 0.248. The molecule has 0 radical (unpaired) electrons. The summed E-state index contributed by atoms with van der Waals surface area (Å²) in [5.41, 5.74) is 3.02. The second-order valence-electron chi connectivity index (χ2n) is 10.5. The van der Waals surface area contributed by atoms with E-state index >= 15 is 4.39 Å². The number of carboxylic acid groups (broad SMARTS) is 1. The minimum atomic E-state index is -1.04. The summed E-state index contributed by atoms with van der Waals surface area (Å²) in [6.45, 7) is 5.79. The molecule has 0 unspecified atom stereocenters. The third-order valence-corrected chi connectivity index (χ3v) is 7.69. The highest BCUT2D eigenvalue weighted by atomic mass is 19.1. The van der Waals surface area contributed by atoms with E-state index in [1.807, 2.05) is 55.5 Å². The van der Waals surface area contributed by atoms with Crippen molar-refractivity contribution in [3.8, 4) is 22.5 Å². The molecule has 0 amide bonds. The van der Waals surface area contributed by atoms with Crippen molar-refractivity contribution in [1.82, 2.24) is 40.1 Å². The van der Waals surface area contributed by atoms with Gasteiger partial charge in [0, 0.05) is 63.0 Å². The fraction of sp³-hybridized carbons (Fsp3) is 0.290. The van der Waals surface area contributed by atoms with E-state index in [0.29, 0.717) is 52.6 Å². The Bertz CT molecular complexity index is 1700. The minimum absolute atomic E-state index is 0.155. The average molecular weight is 582 g/mol. The average Bonchev–Trinajstić information content (AvgIpc) is 3.67. The van der Waals surface area contributed by atoms with E-state index in [0.717, 1.165) is 38.4 Å². The summed E-state index contributed by atoms with van der Waals surface area (Å²) in [5, 5.41) is 24.5. The summed E-state index contributed by atoms with van der Waals surface area (Å²) in [7, 11) is 0. The van der Waals surface area contributed by atoms with Gasteiger partial charge in [0.15, 0.2) is 5.69 Å². The molecule has 11 nitrogen and oxygen atoms in total. The van der Waals surface area contributed by atoms with Crippen LogP contribution in [0.4, 0.5) is 10.2 Å². The molecule has 220 valence electrons. The number of aromatic amines is 1. The molecule has 1 saturated heterocycles. The van der Waals surface area contributed by atoms with Crippen LogP contribution in [-0.4, -0.2) is 77.3 Å². The van der Waals surface area contributed by atoms with Crippen molar-refractivity contribution in [3.05, 3.63) is 95.5 Å². The van der Waals surface area contributed by atoms with Crippen molar-refractivity contribution in [2.75, 3.05) is 31.1 Å². The largest absolute Gasteiger partial charge is 0.477 e. The van der Waals surface area contributed by atoms with Gasteiger partial charge in [0.25, 0.3) is 0 Å². The molecule has 12 heteroatoms. The standard InChI is InChI=1S/C31H32FN9O2/c1-2-7-28-34-26(20-39-14-16-40(17-15-39)27-10-5-6-13-33-27)29(31(42)43)41(28)19-21-11-12-23(25(32)18-21)22-8-3-4-9-24(22)30-35-37-38-36-30/h3-6,8-13,18H,2,7,14-17,19-20H2,1H3,(H,42,43)(H,35,36,37,38). The number of pyridine rings is 1. The van der Waals surface area contributed by atoms with Crippen molar-refractivity contribution in [2.24, 2.45) is 0 Å². The Labute approximate surface area is 248 Å². The van der Waals surface area contributed by atoms with Crippen LogP contribution in [0.2, 0.25) is 0 Å². The van der Waals surface area contributed by atoms with E-state index in [2.05, 4.69) is 35.4 Å². The first-order valence-corrected chi connectivity index (χ1v) is 14.3. The van der Waals surface area contributed by atoms with Gasteiger partial charge in [-0.3, -0.25) is 4.90 Å². The van der Waals surface area contributed by atoms with Crippen molar-refractivity contribution < 1.29 is 14.3 Å². The summed E-state index contributed by atoms with van der Waals surface area (Å²) in [6, 6.07) is 18.2. The number of carboxylic acids is 1. The van der Waals surface area contributed by atoms with E-state index in [4.69, 9.17) is 4.98 Å². The molecule has 6 rings (SSSR count). The number of rotatable bonds is 10. The molecule has 43 heavy (non-hydrogen) atoms. The van der Waals surface area contributed by atoms with Gasteiger partial charge in [-0.05, 0) is 41.0 Å². The predicted molar refractivity (Wildman–Crippen MR) is 159 cm³/mol. The van der Waals surface area contributed by atoms with Crippen LogP contribution in [-0.2, 0) is 19.5 Å². The van der Waals surface area contributed by atoms with E-state index in [9.17, 15) is 9.90 Å². The van der Waals surface area contributed by atoms with Gasteiger partial charge in [0.05, 0.1) is 5.69 Å². The van der Waals surface area contributed by atoms with Crippen molar-refractivity contribution in [2.45, 2.75) is 32.9 Å². The van der Waals surface area contributed by atoms with Gasteiger partial charge >= 0.3 is 5.97 Å². The Morgan fingerprint density at radius 3 is 2.44 bits per heavy atom. The molecule has 0 aliphatic carbocycles. The first-order chi connectivity index (χ1) is 21.0. The number of piperazine rings is 1. The highest BCUT2D eigenvalue weighted by Crippen LogP contribution is 2.32. The molecular formula is C31H32FN9O2. The molecule has 1 aliphatic heterocycles. The highest BCUT2D eigenvalue weighted by Gasteiger charge is 2.26. The fourth-order valence-electron chi connectivity index (χ4n) is 5.62. The fourth-order valence-corrected chi connectivity index (χ4v) is 5.62. The van der Waals surface area contributed by atoms with Crippen LogP contribution >= 0.6 is 0 Å². The molecule has 2 aromatic carbocycles. The maximum Gasteiger partial charge on any atom is 0.354 e. The Kier molecular flexibility index (Phi) is 8.18. The summed E-state index contributed by atoms with van der Waals surface area (Å²) in [4.78, 5) is 26.3. The molecule has 0 saturated carbocycles. The number of benzene rings is 2. The third kappa shape index (κ3) is 6.00. The number of tetrazole rings is 1. The number of nitrogens with zero attached hydrogens (tertiary/aromatic N) is 8. The number of aromatic carboxylic acids is 1. The van der Waals surface area contributed by atoms with Crippen LogP contribution in [0.3, 0.4) is 0 Å². The first-order valence-electron chi connectivity index (χ1n) is 14.3. The number of aromatic nitrogens is 7. The Hall–Kier alpha value is -4.97. The molecule has 3 aromatic heterocycles. The van der Waals surface area contributed by atoms with Gasteiger partial charge in [-0.25, -0.2) is 19.2 Å². The number of carbonyl (C=O) groups is 1. The topological polar surface area (TPSA) is 129 Å². The van der Waals surface area contributed by atoms with Gasteiger partial charge in [-0.2, -0.15) is 5.21 Å². The molecular weight excluding hydrogens is 549 g/mol. The van der Waals surface area contributed by atoms with E-state index in [1.54, 1.807) is 16.8 Å². The molecule has 0 bridgehead atoms. The highest BCUT2D eigenvalue weighted by molar-refractivity contribution is 5.87. The predicted octanol–water partition coefficient (Wildman–Crippen LogP) is 4.29. The molecule has 1 aliphatic rings. The second kappa shape index (κ2) is 12.5. The molecule has 4 heterocycles. The van der Waals surface area contributed by atoms with Gasteiger partial charge in [0.1, 0.15) is 17.5 Å². The zero-order chi connectivity index (χ0) is 29.8. The number of hydrogen-bond acceptors (Lipinski definition) is 8. The lowest BCUT2D eigenvalue weighted by Gasteiger charge is -2.35. The van der Waals surface area contributed by atoms with E-state index < -0.39 is 11.8 Å². The lowest BCUT2D eigenvalue weighted by molar-refractivity contribution is 0.0682. The van der Waals surface area contributed by atoms with Crippen molar-refractivity contribution in [3.63, 3.8) is 0 Å². The SMILES string of the molecule is CCCc1nc(CN2CCN(c3ccccn3)CC2)c(C(=O)O)n1Cc1ccc(-c2ccccc2-c2nn[nH]n2)c(F)c1. The lowest BCUT2D eigenvalue weighted by Crippen LogP contribution is -2.46. The number of hydrogen-bond donors (Lipinski definition) is 2. The maximum absolute atomic E-state index is 15.6. The van der Waals surface area contributed by atoms with Gasteiger partial charge in [-0.15, -0.1) is 10.2 Å². The smallest absolute Gasteiger partial charge is 0.354 e. The molecule has 2 N–H and O–H groups in total. The number of H-pyrrole nitrogens is 1. The Morgan fingerprint density at radius 1 is 0.977 bits per heavy atom. The van der Waals surface area contributed by atoms with Gasteiger partial charge < -0.3 is 14.6 Å². The minimum Gasteiger partial charge on any atom is -0.477 e. The number of aryl methyl sites for hydroxylation is 1. The first kappa shape index (κ1) is 28.2. The lowest BCUT2D eigenvalue weighted by atomic mass is 9.97. The molecule has 0 atom stereocenters. The monoisotopic (exact) mass is 581 g/mol. The normalized spacial score (nSPS) is 13.9. The van der Waals surface area contributed by atoms with Crippen LogP contribution < -0.4 is 4.90 Å². The van der Waals surface area contributed by atoms with Crippen LogP contribution in [0, 0.1) is 5.82 Å². The van der Waals surface area contributed by atoms with Crippen LogP contribution in [0.1, 0.15) is 40.9 Å². The number of imidazole rings is 1. The van der Waals surface area contributed by atoms with Crippen LogP contribution in [0.15, 0.2) is 66.9 Å². The molecule has 1 fully saturated rings. The maximum atomic E-state index is 15.6. The van der Waals surface area contributed by atoms with E-state index in [-0.39, 0.29) is 12.2 Å². The Balaban J connectivity index is 1.24. The number of halogens is 1. The zero-order valence-corrected chi connectivity index (χ0v) is 23.8. The summed E-state index contributed by atoms with van der Waals surface area (Å²) >= 11 is 0. The second-order valence-corrected chi connectivity index (χ2v) is 10.5. The van der Waals surface area contributed by atoms with Gasteiger partial charge in [-0.1, -0.05) is 49.4 Å². The van der Waals surface area contributed by atoms with Crippen LogP contribution in [0.25, 0.3) is 22.5 Å². The zero-order valence-electron chi connectivity index (χ0n) is 23.8. The van der Waals surface area contributed by atoms with Gasteiger partial charge in [0.2, 0.25) is 5.82 Å². The number of anilines is 1. The van der Waals surface area contributed by atoms with Crippen molar-refractivity contribution in [1.29, 1.82) is 0 Å². The summed E-state index contributed by atoms with van der Waals surface area (Å²) in [6.07, 6.45) is 3.21. The van der Waals surface area contributed by atoms with E-state index in [1.165, 1.54) is 6.07 Å². The Morgan fingerprint density at radius 2 is 1.77 bits per heavy atom. The molecule has 5 aromatic rings. The van der Waals surface area contributed by atoms with Crippen molar-refractivity contribution >= 4 is 11.8 Å². The molecule has 0 spiro atoms.